The fourth-order valence-corrected chi connectivity index (χ4v) is 4.24. The highest BCUT2D eigenvalue weighted by atomic mass is 16.7. The number of likely N-dealkylation sites (tertiary alicyclic amines) is 1. The average molecular weight is 437 g/mol. The number of hydrogen-bond acceptors (Lipinski definition) is 8. The third-order valence-electron chi connectivity index (χ3n) is 6.02. The number of aliphatic hydroxyl groups is 1. The van der Waals surface area contributed by atoms with Gasteiger partial charge in [0.1, 0.15) is 0 Å². The quantitative estimate of drug-likeness (QED) is 0.654. The molecule has 1 aromatic rings. The van der Waals surface area contributed by atoms with Gasteiger partial charge in [-0.3, -0.25) is 4.79 Å². The third-order valence-corrected chi connectivity index (χ3v) is 6.02. The Morgan fingerprint density at radius 2 is 1.97 bits per heavy atom. The Hall–Kier alpha value is -2.07. The Balaban J connectivity index is 1.30. The number of piperidine rings is 1. The van der Waals surface area contributed by atoms with E-state index in [0.29, 0.717) is 62.3 Å². The third kappa shape index (κ3) is 5.41. The first kappa shape index (κ1) is 22.1. The molecule has 3 heterocycles. The van der Waals surface area contributed by atoms with E-state index in [4.69, 9.17) is 23.7 Å². The molecule has 2 fully saturated rings. The molecule has 4 rings (SSSR count). The highest BCUT2D eigenvalue weighted by Gasteiger charge is 2.30. The number of benzene rings is 1. The summed E-state index contributed by atoms with van der Waals surface area (Å²) in [5.41, 5.74) is 0.418. The maximum Gasteiger partial charge on any atom is 0.255 e. The molecule has 9 nitrogen and oxygen atoms in total. The van der Waals surface area contributed by atoms with Gasteiger partial charge in [0, 0.05) is 38.4 Å². The van der Waals surface area contributed by atoms with Crippen LogP contribution in [0.5, 0.6) is 17.2 Å². The number of methoxy groups -OCH3 is 1. The molecule has 9 heteroatoms. The predicted molar refractivity (Wildman–Crippen MR) is 112 cm³/mol. The van der Waals surface area contributed by atoms with Gasteiger partial charge in [0.25, 0.3) is 5.91 Å². The first-order chi connectivity index (χ1) is 15.2. The fraction of sp³-hybridized carbons (Fsp3) is 0.682. The lowest BCUT2D eigenvalue weighted by Crippen LogP contribution is -2.48. The normalized spacial score (nSPS) is 24.6. The summed E-state index contributed by atoms with van der Waals surface area (Å²) in [6.07, 6.45) is 1.74. The Labute approximate surface area is 182 Å². The van der Waals surface area contributed by atoms with Gasteiger partial charge in [-0.2, -0.15) is 0 Å². The summed E-state index contributed by atoms with van der Waals surface area (Å²) in [7, 11) is 1.56. The van der Waals surface area contributed by atoms with Gasteiger partial charge in [-0.1, -0.05) is 0 Å². The molecule has 1 amide bonds. The molecule has 0 aliphatic carbocycles. The molecule has 172 valence electrons. The van der Waals surface area contributed by atoms with Crippen LogP contribution < -0.4 is 19.5 Å². The van der Waals surface area contributed by atoms with Gasteiger partial charge >= 0.3 is 0 Å². The van der Waals surface area contributed by atoms with E-state index in [9.17, 15) is 9.90 Å². The van der Waals surface area contributed by atoms with E-state index in [-0.39, 0.29) is 18.1 Å². The van der Waals surface area contributed by atoms with Crippen LogP contribution in [0.1, 0.15) is 29.6 Å². The van der Waals surface area contributed by atoms with Crippen LogP contribution in [0.3, 0.4) is 0 Å². The SMILES string of the molecule is COc1ccc(C(=O)NC[C@@H]2CCN(CCC3OCCO3)C[C@H]2O)c2c1OCCCO2. The van der Waals surface area contributed by atoms with Crippen molar-refractivity contribution in [1.29, 1.82) is 0 Å². The highest BCUT2D eigenvalue weighted by molar-refractivity contribution is 5.98. The second-order valence-electron chi connectivity index (χ2n) is 8.11. The molecular weight excluding hydrogens is 404 g/mol. The number of amides is 1. The van der Waals surface area contributed by atoms with Gasteiger partial charge in [0.15, 0.2) is 17.8 Å². The summed E-state index contributed by atoms with van der Waals surface area (Å²) in [6.45, 7) is 5.00. The molecule has 0 spiro atoms. The van der Waals surface area contributed by atoms with E-state index in [1.807, 2.05) is 0 Å². The number of β-amino-alcohol motifs (C(OH)–C–C–N with tert-alkyl or cyclic N) is 1. The van der Waals surface area contributed by atoms with Gasteiger partial charge in [-0.05, 0) is 25.1 Å². The van der Waals surface area contributed by atoms with Crippen molar-refractivity contribution in [2.75, 3.05) is 59.7 Å². The van der Waals surface area contributed by atoms with Gasteiger partial charge in [0.2, 0.25) is 5.75 Å². The molecule has 0 aromatic heterocycles. The highest BCUT2D eigenvalue weighted by Crippen LogP contribution is 2.41. The van der Waals surface area contributed by atoms with Gasteiger partial charge < -0.3 is 39.0 Å². The maximum absolute atomic E-state index is 12.9. The van der Waals surface area contributed by atoms with Crippen LogP contribution in [-0.2, 0) is 9.47 Å². The van der Waals surface area contributed by atoms with E-state index in [2.05, 4.69) is 10.2 Å². The van der Waals surface area contributed by atoms with Crippen molar-refractivity contribution in [3.8, 4) is 17.2 Å². The van der Waals surface area contributed by atoms with Crippen LogP contribution in [0.4, 0.5) is 0 Å². The van der Waals surface area contributed by atoms with Gasteiger partial charge in [-0.15, -0.1) is 0 Å². The number of rotatable bonds is 7. The second-order valence-corrected chi connectivity index (χ2v) is 8.11. The van der Waals surface area contributed by atoms with E-state index in [1.54, 1.807) is 19.2 Å². The van der Waals surface area contributed by atoms with Crippen molar-refractivity contribution in [3.63, 3.8) is 0 Å². The number of fused-ring (bicyclic) bond motifs is 1. The van der Waals surface area contributed by atoms with Crippen molar-refractivity contribution >= 4 is 5.91 Å². The summed E-state index contributed by atoms with van der Waals surface area (Å²) in [5, 5.41) is 13.6. The van der Waals surface area contributed by atoms with E-state index in [0.717, 1.165) is 32.4 Å². The molecule has 0 saturated carbocycles. The van der Waals surface area contributed by atoms with Crippen molar-refractivity contribution in [2.45, 2.75) is 31.7 Å². The van der Waals surface area contributed by atoms with Gasteiger partial charge in [0.05, 0.1) is 45.2 Å². The first-order valence-corrected chi connectivity index (χ1v) is 11.0. The summed E-state index contributed by atoms with van der Waals surface area (Å²) < 4.78 is 27.8. The Morgan fingerprint density at radius 3 is 2.71 bits per heavy atom. The molecule has 0 radical (unpaired) electrons. The largest absolute Gasteiger partial charge is 0.493 e. The number of nitrogens with zero attached hydrogens (tertiary/aromatic N) is 1. The monoisotopic (exact) mass is 436 g/mol. The van der Waals surface area contributed by atoms with Crippen LogP contribution in [-0.4, -0.2) is 88.0 Å². The molecule has 2 atom stereocenters. The molecule has 0 bridgehead atoms. The molecule has 1 aromatic carbocycles. The number of aliphatic hydroxyl groups excluding tert-OH is 1. The molecule has 31 heavy (non-hydrogen) atoms. The van der Waals surface area contributed by atoms with Crippen molar-refractivity contribution in [1.82, 2.24) is 10.2 Å². The standard InChI is InChI=1S/C22H32N2O7/c1-27-18-4-3-16(20-21(18)31-10-2-9-30-20)22(26)23-13-15-5-7-24(14-17(15)25)8-6-19-28-11-12-29-19/h3-4,15,17,19,25H,2,5-14H2,1H3,(H,23,26)/t15-,17+/m0/s1. The number of hydrogen-bond donors (Lipinski definition) is 2. The molecule has 3 aliphatic heterocycles. The van der Waals surface area contributed by atoms with Crippen LogP contribution >= 0.6 is 0 Å². The van der Waals surface area contributed by atoms with Crippen LogP contribution in [0, 0.1) is 5.92 Å². The minimum atomic E-state index is -0.493. The Kier molecular flexibility index (Phi) is 7.49. The molecule has 0 unspecified atom stereocenters. The molecular formula is C22H32N2O7. The summed E-state index contributed by atoms with van der Waals surface area (Å²) >= 11 is 0. The first-order valence-electron chi connectivity index (χ1n) is 11.0. The summed E-state index contributed by atoms with van der Waals surface area (Å²) in [5.74, 6) is 1.20. The minimum absolute atomic E-state index is 0.00759. The number of carbonyl (C=O) groups is 1. The lowest BCUT2D eigenvalue weighted by Gasteiger charge is -2.36. The van der Waals surface area contributed by atoms with E-state index in [1.165, 1.54) is 0 Å². The fourth-order valence-electron chi connectivity index (χ4n) is 4.24. The number of nitrogens with one attached hydrogen (secondary N) is 1. The zero-order valence-corrected chi connectivity index (χ0v) is 18.0. The number of carbonyl (C=O) groups excluding carboxylic acids is 1. The van der Waals surface area contributed by atoms with E-state index < -0.39 is 6.10 Å². The lowest BCUT2D eigenvalue weighted by molar-refractivity contribution is -0.0576. The lowest BCUT2D eigenvalue weighted by atomic mass is 9.93. The summed E-state index contributed by atoms with van der Waals surface area (Å²) in [4.78, 5) is 15.1. The van der Waals surface area contributed by atoms with Crippen LogP contribution in [0.25, 0.3) is 0 Å². The Morgan fingerprint density at radius 1 is 1.19 bits per heavy atom. The maximum atomic E-state index is 12.9. The van der Waals surface area contributed by atoms with Crippen molar-refractivity contribution in [2.24, 2.45) is 5.92 Å². The van der Waals surface area contributed by atoms with Crippen LogP contribution in [0.2, 0.25) is 0 Å². The number of ether oxygens (including phenoxy) is 5. The van der Waals surface area contributed by atoms with E-state index >= 15 is 0 Å². The summed E-state index contributed by atoms with van der Waals surface area (Å²) in [6, 6.07) is 3.40. The topological polar surface area (TPSA) is 98.7 Å². The molecule has 2 N–H and O–H groups in total. The van der Waals surface area contributed by atoms with Crippen molar-refractivity contribution in [3.05, 3.63) is 17.7 Å². The Bertz CT molecular complexity index is 754. The predicted octanol–water partition coefficient (Wildman–Crippen LogP) is 1.03. The van der Waals surface area contributed by atoms with Crippen molar-refractivity contribution < 1.29 is 33.6 Å². The van der Waals surface area contributed by atoms with Crippen LogP contribution in [0.15, 0.2) is 12.1 Å². The second kappa shape index (κ2) is 10.5. The minimum Gasteiger partial charge on any atom is -0.493 e. The average Bonchev–Trinajstić information content (AvgIpc) is 3.18. The zero-order chi connectivity index (χ0) is 21.6. The smallest absolute Gasteiger partial charge is 0.255 e. The zero-order valence-electron chi connectivity index (χ0n) is 18.0. The van der Waals surface area contributed by atoms with Gasteiger partial charge in [-0.25, -0.2) is 0 Å². The molecule has 2 saturated heterocycles. The molecule has 3 aliphatic rings.